The van der Waals surface area contributed by atoms with Crippen LogP contribution in [0.2, 0.25) is 0 Å². The molecule has 4 aromatic carbocycles. The van der Waals surface area contributed by atoms with Gasteiger partial charge in [0.15, 0.2) is 0 Å². The third kappa shape index (κ3) is 7.92. The van der Waals surface area contributed by atoms with Crippen molar-refractivity contribution in [2.75, 3.05) is 12.3 Å². The summed E-state index contributed by atoms with van der Waals surface area (Å²) in [7, 11) is -1.48. The molecule has 189 valence electrons. The maximum atomic E-state index is 2.32. The molecule has 0 saturated heterocycles. The first-order chi connectivity index (χ1) is 17.9. The Labute approximate surface area is 238 Å². The van der Waals surface area contributed by atoms with E-state index < -0.39 is 15.8 Å². The van der Waals surface area contributed by atoms with E-state index in [1.807, 2.05) is 0 Å². The van der Waals surface area contributed by atoms with Gasteiger partial charge in [-0.1, -0.05) is 97.1 Å². The van der Waals surface area contributed by atoms with Crippen LogP contribution in [0, 0.1) is 11.8 Å². The van der Waals surface area contributed by atoms with Crippen LogP contribution in [0.25, 0.3) is 0 Å². The van der Waals surface area contributed by atoms with Gasteiger partial charge < -0.3 is 0 Å². The molecule has 3 heteroatoms. The molecule has 0 aromatic heterocycles. The van der Waals surface area contributed by atoms with Crippen LogP contribution >= 0.6 is 15.8 Å². The predicted molar refractivity (Wildman–Crippen MR) is 165 cm³/mol. The van der Waals surface area contributed by atoms with E-state index in [0.717, 1.165) is 11.8 Å². The van der Waals surface area contributed by atoms with Crippen LogP contribution < -0.4 is 21.2 Å². The molecule has 0 heterocycles. The zero-order valence-corrected chi connectivity index (χ0v) is 24.8. The first-order valence-electron chi connectivity index (χ1n) is 13.2. The molecule has 0 amide bonds. The molecular weight excluding hydrogens is 573 g/mol. The van der Waals surface area contributed by atoms with E-state index in [1.54, 1.807) is 0 Å². The molecule has 0 fully saturated rings. The van der Waals surface area contributed by atoms with Crippen LogP contribution in [-0.4, -0.2) is 12.3 Å². The number of rotatable bonds is 8. The van der Waals surface area contributed by atoms with Crippen molar-refractivity contribution in [3.63, 3.8) is 0 Å². The second kappa shape index (κ2) is 14.7. The maximum Gasteiger partial charge on any atom is 0.0966 e. The molecular formula is C34H36P2Rh+2. The number of benzene rings is 4. The van der Waals surface area contributed by atoms with E-state index in [9.17, 15) is 0 Å². The number of hydrogen-bond donors (Lipinski definition) is 0. The van der Waals surface area contributed by atoms with Gasteiger partial charge in [-0.2, -0.15) is 0 Å². The average molecular weight is 610 g/mol. The van der Waals surface area contributed by atoms with Crippen molar-refractivity contribution in [2.45, 2.75) is 12.8 Å². The van der Waals surface area contributed by atoms with E-state index in [2.05, 4.69) is 146 Å². The van der Waals surface area contributed by atoms with Crippen LogP contribution in [0.3, 0.4) is 0 Å². The quantitative estimate of drug-likeness (QED) is 0.117. The van der Waals surface area contributed by atoms with Gasteiger partial charge in [-0.15, -0.1) is 0 Å². The van der Waals surface area contributed by atoms with Gasteiger partial charge in [0.1, 0.15) is 0 Å². The van der Waals surface area contributed by atoms with E-state index in [4.69, 9.17) is 0 Å². The van der Waals surface area contributed by atoms with Crippen molar-refractivity contribution < 1.29 is 19.5 Å². The van der Waals surface area contributed by atoms with Gasteiger partial charge in [0.25, 0.3) is 0 Å². The molecule has 37 heavy (non-hydrogen) atoms. The Bertz CT molecular complexity index is 1050. The Morgan fingerprint density at radius 3 is 0.919 bits per heavy atom. The normalized spacial score (nSPS) is 16.9. The summed E-state index contributed by atoms with van der Waals surface area (Å²) in [4.78, 5) is 0. The van der Waals surface area contributed by atoms with Crippen molar-refractivity contribution >= 4 is 37.1 Å². The summed E-state index contributed by atoms with van der Waals surface area (Å²) in [5.41, 5.74) is 0. The number of allylic oxidation sites excluding steroid dienone is 4. The smallest absolute Gasteiger partial charge is 0.0810 e. The van der Waals surface area contributed by atoms with E-state index >= 15 is 0 Å². The fourth-order valence-electron chi connectivity index (χ4n) is 5.24. The second-order valence-corrected chi connectivity index (χ2v) is 14.8. The third-order valence-electron chi connectivity index (χ3n) is 7.10. The molecule has 0 nitrogen and oxygen atoms in total. The van der Waals surface area contributed by atoms with Crippen molar-refractivity contribution in [3.8, 4) is 0 Å². The van der Waals surface area contributed by atoms with Gasteiger partial charge >= 0.3 is 0 Å². The Kier molecular flexibility index (Phi) is 11.1. The summed E-state index contributed by atoms with van der Waals surface area (Å²) < 4.78 is 0. The molecule has 2 aliphatic carbocycles. The first kappa shape index (κ1) is 27.9. The third-order valence-corrected chi connectivity index (χ3v) is 12.9. The van der Waals surface area contributed by atoms with Crippen LogP contribution in [0.1, 0.15) is 12.8 Å². The minimum atomic E-state index is -0.742. The summed E-state index contributed by atoms with van der Waals surface area (Å²) in [5, 5.41) is 6.10. The van der Waals surface area contributed by atoms with Crippen molar-refractivity contribution in [1.29, 1.82) is 0 Å². The van der Waals surface area contributed by atoms with Crippen molar-refractivity contribution in [1.82, 2.24) is 0 Å². The maximum absolute atomic E-state index is 2.32. The van der Waals surface area contributed by atoms with E-state index in [-0.39, 0.29) is 19.5 Å². The molecule has 2 bridgehead atoms. The van der Waals surface area contributed by atoms with E-state index in [0.29, 0.717) is 0 Å². The Morgan fingerprint density at radius 1 is 0.432 bits per heavy atom. The summed E-state index contributed by atoms with van der Waals surface area (Å²) in [6.07, 6.45) is 14.4. The summed E-state index contributed by atoms with van der Waals surface area (Å²) >= 11 is 0. The molecule has 6 rings (SSSR count). The molecule has 4 aromatic rings. The van der Waals surface area contributed by atoms with Crippen LogP contribution in [0.4, 0.5) is 0 Å². The first-order valence-corrected chi connectivity index (χ1v) is 16.6. The molecule has 1 radical (unpaired) electrons. The monoisotopic (exact) mass is 609 g/mol. The van der Waals surface area contributed by atoms with Gasteiger partial charge in [-0.25, -0.2) is 0 Å². The summed E-state index contributed by atoms with van der Waals surface area (Å²) in [6, 6.07) is 44.6. The zero-order valence-electron chi connectivity index (χ0n) is 21.2. The van der Waals surface area contributed by atoms with Gasteiger partial charge in [0.05, 0.1) is 49.4 Å². The number of fused-ring (bicyclic) bond motifs is 2. The van der Waals surface area contributed by atoms with Crippen LogP contribution in [-0.2, 0) is 19.5 Å². The van der Waals surface area contributed by atoms with Gasteiger partial charge in [0.2, 0.25) is 0 Å². The molecule has 0 unspecified atom stereocenters. The largest absolute Gasteiger partial charge is 0.0966 e. The van der Waals surface area contributed by atoms with E-state index in [1.165, 1.54) is 46.4 Å². The molecule has 0 aliphatic heterocycles. The summed E-state index contributed by atoms with van der Waals surface area (Å²) in [5.74, 6) is 1.62. The SMILES string of the molecule is C1=CC2C=CC1C2.[Rh].c1ccc([PH+](CCC[PH+](c2ccccc2)c2ccccc2)c2ccccc2)cc1. The average Bonchev–Trinajstić information content (AvgIpc) is 3.62. The van der Waals surface area contributed by atoms with Gasteiger partial charge in [-0.05, 0) is 66.8 Å². The standard InChI is InChI=1S/C27H26P2.C7H8.Rh/c1-5-14-24(15-6-1)28(25-16-7-2-8-17-25)22-13-23-29(26-18-9-3-10-19-26)27-20-11-4-12-21-27;1-2-7-4-3-6(1)5-7;/h1-12,14-21H,13,22-23H2;1-4,6-7H,5H2;/p+2. The summed E-state index contributed by atoms with van der Waals surface area (Å²) in [6.45, 7) is 0. The topological polar surface area (TPSA) is 0 Å². The minimum absolute atomic E-state index is 0. The molecule has 0 atom stereocenters. The Hall–Kier alpha value is -2.16. The Balaban J connectivity index is 0.000000341. The minimum Gasteiger partial charge on any atom is -0.0810 e. The molecule has 0 N–H and O–H groups in total. The second-order valence-electron chi connectivity index (χ2n) is 9.61. The van der Waals surface area contributed by atoms with Crippen molar-refractivity contribution in [2.24, 2.45) is 11.8 Å². The van der Waals surface area contributed by atoms with Crippen LogP contribution in [0.15, 0.2) is 146 Å². The predicted octanol–water partition coefficient (Wildman–Crippen LogP) is 6.85. The van der Waals surface area contributed by atoms with Crippen LogP contribution in [0.5, 0.6) is 0 Å². The van der Waals surface area contributed by atoms with Gasteiger partial charge in [-0.3, -0.25) is 0 Å². The van der Waals surface area contributed by atoms with Gasteiger partial charge in [0, 0.05) is 25.9 Å². The fourth-order valence-corrected chi connectivity index (χ4v) is 10.9. The zero-order chi connectivity index (χ0) is 24.4. The molecule has 0 spiro atoms. The molecule has 0 saturated carbocycles. The molecule has 2 aliphatic rings. The number of hydrogen-bond acceptors (Lipinski definition) is 0. The van der Waals surface area contributed by atoms with Crippen molar-refractivity contribution in [3.05, 3.63) is 146 Å². The Morgan fingerprint density at radius 2 is 0.703 bits per heavy atom. The fraction of sp³-hybridized carbons (Fsp3) is 0.176.